The summed E-state index contributed by atoms with van der Waals surface area (Å²) >= 11 is 1.59. The first-order valence-electron chi connectivity index (χ1n) is 2.62. The van der Waals surface area contributed by atoms with Gasteiger partial charge in [0.1, 0.15) is 0 Å². The molecule has 3 heteroatoms. The molecule has 1 heterocycles. The molecule has 0 atom stereocenters. The van der Waals surface area contributed by atoms with Gasteiger partial charge in [0, 0.05) is 32.7 Å². The molecule has 0 aliphatic rings. The standard InChI is InChI=1S/C6H8NS.Y/c1-5(2)6-3-7-4-8-6;/h3,5H,1-2H3;/q-1;. The average Bonchev–Trinajstić information content (AvgIpc) is 2.12. The van der Waals surface area contributed by atoms with Crippen molar-refractivity contribution in [3.05, 3.63) is 16.6 Å². The third-order valence-corrected chi connectivity index (χ3v) is 1.99. The molecule has 0 amide bonds. The van der Waals surface area contributed by atoms with E-state index < -0.39 is 0 Å². The monoisotopic (exact) mass is 215 g/mol. The van der Waals surface area contributed by atoms with Crippen LogP contribution in [-0.2, 0) is 32.7 Å². The van der Waals surface area contributed by atoms with Gasteiger partial charge in [0.2, 0.25) is 0 Å². The molecule has 0 unspecified atom stereocenters. The van der Waals surface area contributed by atoms with Gasteiger partial charge in [0.05, 0.1) is 0 Å². The summed E-state index contributed by atoms with van der Waals surface area (Å²) < 4.78 is 0. The molecule has 1 nitrogen and oxygen atoms in total. The van der Waals surface area contributed by atoms with E-state index in [0.29, 0.717) is 5.92 Å². The van der Waals surface area contributed by atoms with Crippen molar-refractivity contribution in [2.45, 2.75) is 19.8 Å². The molecular formula is C6H8NSY-. The fourth-order valence-corrected chi connectivity index (χ4v) is 1.01. The van der Waals surface area contributed by atoms with Crippen molar-refractivity contribution in [3.8, 4) is 0 Å². The van der Waals surface area contributed by atoms with Gasteiger partial charge < -0.3 is 4.98 Å². The Morgan fingerprint density at radius 1 is 1.67 bits per heavy atom. The van der Waals surface area contributed by atoms with Gasteiger partial charge in [0.15, 0.2) is 0 Å². The zero-order valence-corrected chi connectivity index (χ0v) is 9.24. The molecule has 47 valence electrons. The van der Waals surface area contributed by atoms with Gasteiger partial charge >= 0.3 is 0 Å². The third-order valence-electron chi connectivity index (χ3n) is 0.977. The zero-order chi connectivity index (χ0) is 5.98. The molecule has 0 saturated carbocycles. The van der Waals surface area contributed by atoms with Crippen molar-refractivity contribution >= 4 is 11.3 Å². The summed E-state index contributed by atoms with van der Waals surface area (Å²) in [7, 11) is 0. The molecule has 1 rings (SSSR count). The molecule has 0 aromatic carbocycles. The maximum atomic E-state index is 3.84. The Balaban J connectivity index is 0.000000640. The summed E-state index contributed by atoms with van der Waals surface area (Å²) in [5.41, 5.74) is 2.80. The Hall–Kier alpha value is 0.734. The second kappa shape index (κ2) is 4.53. The SMILES string of the molecule is CC(C)c1cn[c-]s1.[Y]. The van der Waals surface area contributed by atoms with E-state index >= 15 is 0 Å². The van der Waals surface area contributed by atoms with Crippen LogP contribution in [-0.4, -0.2) is 4.98 Å². The zero-order valence-electron chi connectivity index (χ0n) is 5.59. The van der Waals surface area contributed by atoms with E-state index in [0.717, 1.165) is 0 Å². The van der Waals surface area contributed by atoms with Gasteiger partial charge in [-0.15, -0.1) is 11.1 Å². The second-order valence-corrected chi connectivity index (χ2v) is 2.87. The molecule has 0 fully saturated rings. The van der Waals surface area contributed by atoms with Crippen LogP contribution in [0.15, 0.2) is 6.20 Å². The van der Waals surface area contributed by atoms with Crippen LogP contribution < -0.4 is 0 Å². The molecule has 1 aromatic heterocycles. The molecule has 0 aliphatic heterocycles. The molecule has 0 saturated heterocycles. The van der Waals surface area contributed by atoms with Crippen LogP contribution in [0, 0.1) is 5.51 Å². The fraction of sp³-hybridized carbons (Fsp3) is 0.500. The van der Waals surface area contributed by atoms with Crippen LogP contribution in [0.25, 0.3) is 0 Å². The number of hydrogen-bond donors (Lipinski definition) is 0. The van der Waals surface area contributed by atoms with Gasteiger partial charge in [0.25, 0.3) is 0 Å². The summed E-state index contributed by atoms with van der Waals surface area (Å²) in [5.74, 6) is 0.610. The number of hydrogen-bond acceptors (Lipinski definition) is 2. The fourth-order valence-electron chi connectivity index (χ4n) is 0.462. The molecule has 0 N–H and O–H groups in total. The van der Waals surface area contributed by atoms with Crippen molar-refractivity contribution in [2.75, 3.05) is 0 Å². The summed E-state index contributed by atoms with van der Waals surface area (Å²) in [6, 6.07) is 0. The van der Waals surface area contributed by atoms with E-state index in [2.05, 4.69) is 24.3 Å². The average molecular weight is 215 g/mol. The summed E-state index contributed by atoms with van der Waals surface area (Å²) in [6.07, 6.45) is 1.87. The van der Waals surface area contributed by atoms with Crippen LogP contribution in [0.5, 0.6) is 0 Å². The molecule has 0 aliphatic carbocycles. The predicted molar refractivity (Wildman–Crippen MR) is 35.0 cm³/mol. The first kappa shape index (κ1) is 9.73. The first-order valence-corrected chi connectivity index (χ1v) is 3.44. The van der Waals surface area contributed by atoms with Crippen molar-refractivity contribution in [1.82, 2.24) is 4.98 Å². The molecule has 0 spiro atoms. The van der Waals surface area contributed by atoms with E-state index in [-0.39, 0.29) is 32.7 Å². The van der Waals surface area contributed by atoms with E-state index in [1.54, 1.807) is 11.3 Å². The molecule has 0 bridgehead atoms. The van der Waals surface area contributed by atoms with Crippen molar-refractivity contribution in [1.29, 1.82) is 0 Å². The van der Waals surface area contributed by atoms with Gasteiger partial charge in [-0.2, -0.15) is 0 Å². The van der Waals surface area contributed by atoms with Crippen LogP contribution in [0.1, 0.15) is 24.6 Å². The largest absolute Gasteiger partial charge is 0.394 e. The number of thiazole rings is 1. The van der Waals surface area contributed by atoms with E-state index in [1.807, 2.05) is 6.20 Å². The maximum absolute atomic E-state index is 3.84. The van der Waals surface area contributed by atoms with Gasteiger partial charge in [-0.1, -0.05) is 19.8 Å². The van der Waals surface area contributed by atoms with E-state index in [4.69, 9.17) is 0 Å². The molecule has 9 heavy (non-hydrogen) atoms. The normalized spacial score (nSPS) is 9.22. The minimum absolute atomic E-state index is 0. The maximum Gasteiger partial charge on any atom is 0 e. The summed E-state index contributed by atoms with van der Waals surface area (Å²) in [6.45, 7) is 4.31. The second-order valence-electron chi connectivity index (χ2n) is 2.01. The van der Waals surface area contributed by atoms with Crippen LogP contribution >= 0.6 is 11.3 Å². The Labute approximate surface area is 84.8 Å². The number of rotatable bonds is 1. The number of nitrogens with zero attached hydrogens (tertiary/aromatic N) is 1. The Morgan fingerprint density at radius 3 is 2.56 bits per heavy atom. The molecular weight excluding hydrogens is 207 g/mol. The quantitative estimate of drug-likeness (QED) is 0.653. The smallest absolute Gasteiger partial charge is 0 e. The third kappa shape index (κ3) is 2.88. The van der Waals surface area contributed by atoms with Crippen LogP contribution in [0.3, 0.4) is 0 Å². The van der Waals surface area contributed by atoms with E-state index in [1.165, 1.54) is 4.88 Å². The minimum atomic E-state index is 0. The molecule has 1 radical (unpaired) electrons. The van der Waals surface area contributed by atoms with Crippen LogP contribution in [0.4, 0.5) is 0 Å². The Morgan fingerprint density at radius 2 is 2.33 bits per heavy atom. The Bertz CT molecular complexity index is 148. The number of aromatic nitrogens is 1. The minimum Gasteiger partial charge on any atom is -0.394 e. The summed E-state index contributed by atoms with van der Waals surface area (Å²) in [4.78, 5) is 5.15. The topological polar surface area (TPSA) is 12.9 Å². The Kier molecular flexibility index (Phi) is 4.90. The predicted octanol–water partition coefficient (Wildman–Crippen LogP) is 2.06. The van der Waals surface area contributed by atoms with Crippen molar-refractivity contribution in [2.24, 2.45) is 0 Å². The summed E-state index contributed by atoms with van der Waals surface area (Å²) in [5, 5.41) is 0. The van der Waals surface area contributed by atoms with Gasteiger partial charge in [-0.3, -0.25) is 11.3 Å². The van der Waals surface area contributed by atoms with Crippen molar-refractivity contribution in [3.63, 3.8) is 0 Å². The van der Waals surface area contributed by atoms with Gasteiger partial charge in [-0.25, -0.2) is 0 Å². The van der Waals surface area contributed by atoms with Crippen LogP contribution in [0.2, 0.25) is 0 Å². The van der Waals surface area contributed by atoms with Gasteiger partial charge in [-0.05, 0) is 5.51 Å². The van der Waals surface area contributed by atoms with E-state index in [9.17, 15) is 0 Å². The van der Waals surface area contributed by atoms with Crippen molar-refractivity contribution < 1.29 is 32.7 Å². The first-order chi connectivity index (χ1) is 3.80. The molecule has 1 aromatic rings.